The normalized spacial score (nSPS) is 17.9. The minimum Gasteiger partial charge on any atom is -0.465 e. The molecule has 58 heavy (non-hydrogen) atoms. The van der Waals surface area contributed by atoms with Gasteiger partial charge in [-0.05, 0) is 119 Å². The standard InChI is InChI=1S/C43H52N6O9/c1-25-21-30(38(51)45-31-17-19-49(20-18-31)42(55)56)13-15-33(25)28-9-5-26(6-10-28)22-35(39(52)46-32-14-16-34-36(23-32)57-41(54)48-34)47-37(50)29-11-7-27(8-12-29)24-44-40(53)58-43(2,3)4/h5-6,9-10,13-16,21,23,27,29,31,35H,7-8,11-12,17-20,22,24H2,1-4H3,(H,44,53)(H,45,51)(H,46,52)(H,47,50)(H,48,54)(H,55,56)/t27?,29?,35-/m0/s1. The minimum atomic E-state index is -0.946. The Balaban J connectivity index is 1.10. The number of aromatic nitrogens is 1. The van der Waals surface area contributed by atoms with Gasteiger partial charge >= 0.3 is 17.9 Å². The molecule has 2 aliphatic rings. The molecule has 2 heterocycles. The van der Waals surface area contributed by atoms with Gasteiger partial charge in [-0.3, -0.25) is 19.4 Å². The first-order chi connectivity index (χ1) is 27.6. The van der Waals surface area contributed by atoms with Gasteiger partial charge < -0.3 is 40.4 Å². The quantitative estimate of drug-likeness (QED) is 0.105. The molecule has 0 spiro atoms. The van der Waals surface area contributed by atoms with Crippen LogP contribution in [-0.4, -0.2) is 82.2 Å². The summed E-state index contributed by atoms with van der Waals surface area (Å²) in [5.74, 6) is -1.53. The molecule has 0 radical (unpaired) electrons. The second-order valence-corrected chi connectivity index (χ2v) is 16.3. The molecular formula is C43H52N6O9. The van der Waals surface area contributed by atoms with Crippen LogP contribution in [0.2, 0.25) is 0 Å². The Morgan fingerprint density at radius 3 is 2.29 bits per heavy atom. The molecule has 1 saturated carbocycles. The summed E-state index contributed by atoms with van der Waals surface area (Å²) in [4.78, 5) is 79.5. The zero-order valence-corrected chi connectivity index (χ0v) is 33.3. The van der Waals surface area contributed by atoms with Gasteiger partial charge in [-0.2, -0.15) is 0 Å². The number of H-pyrrole nitrogens is 1. The first-order valence-corrected chi connectivity index (χ1v) is 19.8. The van der Waals surface area contributed by atoms with Crippen LogP contribution in [0, 0.1) is 18.8 Å². The molecule has 1 atom stereocenters. The fourth-order valence-electron chi connectivity index (χ4n) is 7.59. The fourth-order valence-corrected chi connectivity index (χ4v) is 7.59. The van der Waals surface area contributed by atoms with Crippen molar-refractivity contribution in [1.82, 2.24) is 25.8 Å². The second-order valence-electron chi connectivity index (χ2n) is 16.3. The number of aryl methyl sites for hydroxylation is 1. The number of carbonyl (C=O) groups excluding carboxylic acids is 4. The molecule has 1 aromatic heterocycles. The van der Waals surface area contributed by atoms with Crippen molar-refractivity contribution in [2.45, 2.75) is 90.3 Å². The monoisotopic (exact) mass is 796 g/mol. The number of nitrogens with zero attached hydrogens (tertiary/aromatic N) is 1. The number of hydrogen-bond donors (Lipinski definition) is 6. The number of fused-ring (bicyclic) bond motifs is 1. The van der Waals surface area contributed by atoms with E-state index in [1.54, 1.807) is 24.3 Å². The fraction of sp³-hybridized carbons (Fsp3) is 0.442. The third-order valence-electron chi connectivity index (χ3n) is 10.8. The van der Waals surface area contributed by atoms with E-state index in [4.69, 9.17) is 9.15 Å². The number of aromatic amines is 1. The lowest BCUT2D eigenvalue weighted by atomic mass is 9.81. The van der Waals surface area contributed by atoms with E-state index in [1.807, 2.05) is 64.1 Å². The predicted molar refractivity (Wildman–Crippen MR) is 217 cm³/mol. The molecule has 6 N–H and O–H groups in total. The van der Waals surface area contributed by atoms with Crippen LogP contribution < -0.4 is 27.0 Å². The van der Waals surface area contributed by atoms with E-state index in [-0.39, 0.29) is 36.1 Å². The first-order valence-electron chi connectivity index (χ1n) is 19.8. The van der Waals surface area contributed by atoms with E-state index in [0.29, 0.717) is 67.7 Å². The SMILES string of the molecule is Cc1cc(C(=O)NC2CCN(C(=O)O)CC2)ccc1-c1ccc(C[C@H](NC(=O)C2CCC(CNC(=O)OC(C)(C)C)CC2)C(=O)Nc2ccc3[nH]c(=O)oc3c2)cc1. The molecule has 2 fully saturated rings. The molecule has 1 saturated heterocycles. The van der Waals surface area contributed by atoms with E-state index in [9.17, 15) is 33.9 Å². The van der Waals surface area contributed by atoms with Crippen LogP contribution in [0.3, 0.4) is 0 Å². The smallest absolute Gasteiger partial charge is 0.417 e. The summed E-state index contributed by atoms with van der Waals surface area (Å²) in [6.07, 6.45) is 2.64. The lowest BCUT2D eigenvalue weighted by molar-refractivity contribution is -0.130. The van der Waals surface area contributed by atoms with Gasteiger partial charge in [-0.15, -0.1) is 0 Å². The Morgan fingerprint density at radius 2 is 1.64 bits per heavy atom. The first kappa shape index (κ1) is 41.5. The van der Waals surface area contributed by atoms with Gasteiger partial charge in [0, 0.05) is 55.3 Å². The van der Waals surface area contributed by atoms with Crippen molar-refractivity contribution in [3.05, 3.63) is 87.9 Å². The van der Waals surface area contributed by atoms with Crippen molar-refractivity contribution in [3.8, 4) is 11.1 Å². The molecule has 0 unspecified atom stereocenters. The number of benzene rings is 3. The number of anilines is 1. The highest BCUT2D eigenvalue weighted by Crippen LogP contribution is 2.30. The van der Waals surface area contributed by atoms with Gasteiger partial charge in [0.15, 0.2) is 5.58 Å². The molecule has 6 rings (SSSR count). The van der Waals surface area contributed by atoms with Crippen LogP contribution in [-0.2, 0) is 20.7 Å². The number of likely N-dealkylation sites (tertiary alicyclic amines) is 1. The van der Waals surface area contributed by atoms with E-state index in [1.165, 1.54) is 4.90 Å². The highest BCUT2D eigenvalue weighted by Gasteiger charge is 2.31. The summed E-state index contributed by atoms with van der Waals surface area (Å²) in [6, 6.07) is 17.0. The number of ether oxygens (including phenoxy) is 1. The van der Waals surface area contributed by atoms with Gasteiger partial charge in [0.25, 0.3) is 5.91 Å². The number of rotatable bonds is 11. The number of amides is 5. The zero-order chi connectivity index (χ0) is 41.6. The van der Waals surface area contributed by atoms with E-state index in [2.05, 4.69) is 26.3 Å². The van der Waals surface area contributed by atoms with E-state index in [0.717, 1.165) is 35.1 Å². The van der Waals surface area contributed by atoms with Crippen molar-refractivity contribution in [1.29, 1.82) is 0 Å². The molecule has 1 aliphatic heterocycles. The largest absolute Gasteiger partial charge is 0.465 e. The maximum absolute atomic E-state index is 13.8. The van der Waals surface area contributed by atoms with E-state index < -0.39 is 35.5 Å². The molecule has 15 nitrogen and oxygen atoms in total. The summed E-state index contributed by atoms with van der Waals surface area (Å²) in [6.45, 7) is 8.60. The number of oxazole rings is 1. The van der Waals surface area contributed by atoms with Crippen molar-refractivity contribution in [2.24, 2.45) is 11.8 Å². The Labute approximate surface area is 336 Å². The van der Waals surface area contributed by atoms with Crippen molar-refractivity contribution in [3.63, 3.8) is 0 Å². The average molecular weight is 797 g/mol. The number of carboxylic acid groups (broad SMARTS) is 1. The lowest BCUT2D eigenvalue weighted by Crippen LogP contribution is -2.48. The van der Waals surface area contributed by atoms with Crippen molar-refractivity contribution < 1.29 is 38.2 Å². The second kappa shape index (κ2) is 18.0. The van der Waals surface area contributed by atoms with Crippen molar-refractivity contribution >= 4 is 46.7 Å². The average Bonchev–Trinajstić information content (AvgIpc) is 3.56. The van der Waals surface area contributed by atoms with Crippen LogP contribution in [0.4, 0.5) is 15.3 Å². The Hall–Kier alpha value is -6.12. The van der Waals surface area contributed by atoms with Crippen LogP contribution >= 0.6 is 0 Å². The molecular weight excluding hydrogens is 745 g/mol. The predicted octanol–water partition coefficient (Wildman–Crippen LogP) is 5.97. The molecule has 4 aromatic rings. The van der Waals surface area contributed by atoms with Gasteiger partial charge in [0.05, 0.1) is 5.52 Å². The summed E-state index contributed by atoms with van der Waals surface area (Å²) in [5, 5.41) is 20.9. The van der Waals surface area contributed by atoms with Crippen molar-refractivity contribution in [2.75, 3.05) is 25.0 Å². The van der Waals surface area contributed by atoms with Crippen LogP contribution in [0.15, 0.2) is 69.9 Å². The third-order valence-corrected chi connectivity index (χ3v) is 10.8. The van der Waals surface area contributed by atoms with Gasteiger partial charge in [0.1, 0.15) is 11.6 Å². The zero-order valence-electron chi connectivity index (χ0n) is 33.3. The Kier molecular flexibility index (Phi) is 12.9. The van der Waals surface area contributed by atoms with Gasteiger partial charge in [-0.1, -0.05) is 30.3 Å². The summed E-state index contributed by atoms with van der Waals surface area (Å²) >= 11 is 0. The van der Waals surface area contributed by atoms with Gasteiger partial charge in [-0.25, -0.2) is 14.4 Å². The molecule has 5 amide bonds. The molecule has 1 aliphatic carbocycles. The number of nitrogens with one attached hydrogen (secondary N) is 5. The number of hydrogen-bond acceptors (Lipinski definition) is 8. The van der Waals surface area contributed by atoms with Crippen LogP contribution in [0.25, 0.3) is 22.2 Å². The molecule has 15 heteroatoms. The van der Waals surface area contributed by atoms with Crippen LogP contribution in [0.1, 0.15) is 80.8 Å². The lowest BCUT2D eigenvalue weighted by Gasteiger charge is -2.30. The number of piperidine rings is 1. The number of carbonyl (C=O) groups is 5. The molecule has 3 aromatic carbocycles. The highest BCUT2D eigenvalue weighted by atomic mass is 16.6. The highest BCUT2D eigenvalue weighted by molar-refractivity contribution is 5.99. The number of alkyl carbamates (subject to hydrolysis) is 1. The van der Waals surface area contributed by atoms with Gasteiger partial charge in [0.2, 0.25) is 11.8 Å². The minimum absolute atomic E-state index is 0.0912. The Morgan fingerprint density at radius 1 is 0.931 bits per heavy atom. The summed E-state index contributed by atoms with van der Waals surface area (Å²) < 4.78 is 10.5. The maximum atomic E-state index is 13.8. The molecule has 308 valence electrons. The molecule has 0 bridgehead atoms. The summed E-state index contributed by atoms with van der Waals surface area (Å²) in [7, 11) is 0. The Bertz CT molecular complexity index is 2190. The summed E-state index contributed by atoms with van der Waals surface area (Å²) in [5.41, 5.74) is 4.69. The van der Waals surface area contributed by atoms with E-state index >= 15 is 0 Å². The maximum Gasteiger partial charge on any atom is 0.417 e. The van der Waals surface area contributed by atoms with Crippen LogP contribution in [0.5, 0.6) is 0 Å². The third kappa shape index (κ3) is 11.0. The topological polar surface area (TPSA) is 212 Å².